The summed E-state index contributed by atoms with van der Waals surface area (Å²) in [6, 6.07) is 14.6. The number of sulfonamides is 1. The standard InChI is InChI=1S/C17H18N4O4S/c1-13(22)20-15-9-7-14(8-10-15)11-18-21-17(23)12-19-26(24,25)16-5-3-2-4-6-16/h2-11,19H,12H2,1H3,(H,20,22)(H,21,23)/b18-11-. The largest absolute Gasteiger partial charge is 0.326 e. The summed E-state index contributed by atoms with van der Waals surface area (Å²) in [7, 11) is -3.74. The molecular formula is C17H18N4O4S. The van der Waals surface area contributed by atoms with E-state index in [4.69, 9.17) is 0 Å². The molecule has 136 valence electrons. The molecule has 2 amide bonds. The monoisotopic (exact) mass is 374 g/mol. The van der Waals surface area contributed by atoms with Gasteiger partial charge >= 0.3 is 0 Å². The molecule has 0 bridgehead atoms. The van der Waals surface area contributed by atoms with Crippen LogP contribution in [0.3, 0.4) is 0 Å². The lowest BCUT2D eigenvalue weighted by molar-refractivity contribution is -0.120. The molecule has 0 unspecified atom stereocenters. The number of rotatable bonds is 7. The topological polar surface area (TPSA) is 117 Å². The van der Waals surface area contributed by atoms with Gasteiger partial charge in [-0.1, -0.05) is 30.3 Å². The summed E-state index contributed by atoms with van der Waals surface area (Å²) in [5.74, 6) is -0.771. The number of hydrogen-bond acceptors (Lipinski definition) is 5. The lowest BCUT2D eigenvalue weighted by atomic mass is 10.2. The van der Waals surface area contributed by atoms with Crippen molar-refractivity contribution in [1.29, 1.82) is 0 Å². The fourth-order valence-electron chi connectivity index (χ4n) is 1.92. The first kappa shape index (κ1) is 19.3. The Morgan fingerprint density at radius 2 is 1.69 bits per heavy atom. The number of nitrogens with zero attached hydrogens (tertiary/aromatic N) is 1. The fraction of sp³-hybridized carbons (Fsp3) is 0.118. The van der Waals surface area contributed by atoms with Gasteiger partial charge < -0.3 is 5.32 Å². The molecule has 2 rings (SSSR count). The lowest BCUT2D eigenvalue weighted by Gasteiger charge is -2.05. The van der Waals surface area contributed by atoms with Crippen LogP contribution in [-0.4, -0.2) is 33.0 Å². The third-order valence-electron chi connectivity index (χ3n) is 3.11. The first-order chi connectivity index (χ1) is 12.4. The zero-order chi connectivity index (χ0) is 19.0. The van der Waals surface area contributed by atoms with E-state index in [1.807, 2.05) is 0 Å². The van der Waals surface area contributed by atoms with E-state index in [-0.39, 0.29) is 10.8 Å². The average molecular weight is 374 g/mol. The van der Waals surface area contributed by atoms with E-state index in [1.165, 1.54) is 25.3 Å². The molecule has 9 heteroatoms. The molecule has 0 atom stereocenters. The molecule has 0 aromatic heterocycles. The number of nitrogens with one attached hydrogen (secondary N) is 3. The summed E-state index contributed by atoms with van der Waals surface area (Å²) in [6.07, 6.45) is 1.40. The molecule has 0 aliphatic rings. The molecule has 0 spiro atoms. The van der Waals surface area contributed by atoms with Crippen molar-refractivity contribution in [2.75, 3.05) is 11.9 Å². The van der Waals surface area contributed by atoms with Crippen molar-refractivity contribution < 1.29 is 18.0 Å². The number of hydrogen-bond donors (Lipinski definition) is 3. The van der Waals surface area contributed by atoms with Crippen molar-refractivity contribution in [3.63, 3.8) is 0 Å². The molecule has 0 saturated heterocycles. The average Bonchev–Trinajstić information content (AvgIpc) is 2.62. The second-order valence-corrected chi connectivity index (χ2v) is 7.00. The fourth-order valence-corrected chi connectivity index (χ4v) is 2.92. The summed E-state index contributed by atoms with van der Waals surface area (Å²) < 4.78 is 26.2. The Bertz CT molecular complexity index is 894. The Morgan fingerprint density at radius 1 is 1.04 bits per heavy atom. The Labute approximate surface area is 151 Å². The van der Waals surface area contributed by atoms with E-state index < -0.39 is 22.5 Å². The van der Waals surface area contributed by atoms with Crippen molar-refractivity contribution in [3.8, 4) is 0 Å². The SMILES string of the molecule is CC(=O)Nc1ccc(/C=N\NC(=O)CNS(=O)(=O)c2ccccc2)cc1. The molecule has 2 aromatic rings. The van der Waals surface area contributed by atoms with Crippen LogP contribution in [0.1, 0.15) is 12.5 Å². The van der Waals surface area contributed by atoms with Crippen LogP contribution < -0.4 is 15.5 Å². The summed E-state index contributed by atoms with van der Waals surface area (Å²) in [4.78, 5) is 22.7. The number of benzene rings is 2. The number of amides is 2. The number of anilines is 1. The van der Waals surface area contributed by atoms with Crippen molar-refractivity contribution in [2.24, 2.45) is 5.10 Å². The van der Waals surface area contributed by atoms with Gasteiger partial charge in [-0.05, 0) is 29.8 Å². The predicted octanol–water partition coefficient (Wildman–Crippen LogP) is 1.07. The number of carbonyl (C=O) groups excluding carboxylic acids is 2. The van der Waals surface area contributed by atoms with Crippen LogP contribution in [0.5, 0.6) is 0 Å². The minimum atomic E-state index is -3.74. The van der Waals surface area contributed by atoms with Crippen LogP contribution in [0.15, 0.2) is 64.6 Å². The van der Waals surface area contributed by atoms with Crippen molar-refractivity contribution in [3.05, 3.63) is 60.2 Å². The quantitative estimate of drug-likeness (QED) is 0.496. The highest BCUT2D eigenvalue weighted by atomic mass is 32.2. The van der Waals surface area contributed by atoms with Crippen LogP contribution in [0.2, 0.25) is 0 Å². The van der Waals surface area contributed by atoms with Gasteiger partial charge in [-0.25, -0.2) is 18.6 Å². The molecule has 0 radical (unpaired) electrons. The Morgan fingerprint density at radius 3 is 2.31 bits per heavy atom. The van der Waals surface area contributed by atoms with Crippen molar-refractivity contribution in [2.45, 2.75) is 11.8 Å². The van der Waals surface area contributed by atoms with Crippen LogP contribution in [-0.2, 0) is 19.6 Å². The van der Waals surface area contributed by atoms with Gasteiger partial charge in [-0.2, -0.15) is 5.10 Å². The van der Waals surface area contributed by atoms with Gasteiger partial charge in [-0.3, -0.25) is 9.59 Å². The molecule has 3 N–H and O–H groups in total. The van der Waals surface area contributed by atoms with Gasteiger partial charge in [0, 0.05) is 12.6 Å². The van der Waals surface area contributed by atoms with E-state index in [2.05, 4.69) is 20.6 Å². The third kappa shape index (κ3) is 6.11. The summed E-state index contributed by atoms with van der Waals surface area (Å²) >= 11 is 0. The summed E-state index contributed by atoms with van der Waals surface area (Å²) in [6.45, 7) is 0.979. The zero-order valence-corrected chi connectivity index (χ0v) is 14.8. The smallest absolute Gasteiger partial charge is 0.255 e. The van der Waals surface area contributed by atoms with Crippen LogP contribution in [0.4, 0.5) is 5.69 Å². The predicted molar refractivity (Wildman–Crippen MR) is 98.1 cm³/mol. The molecule has 2 aromatic carbocycles. The summed E-state index contributed by atoms with van der Waals surface area (Å²) in [5.41, 5.74) is 3.58. The highest BCUT2D eigenvalue weighted by molar-refractivity contribution is 7.89. The first-order valence-electron chi connectivity index (χ1n) is 7.61. The highest BCUT2D eigenvalue weighted by Crippen LogP contribution is 2.08. The number of hydrazone groups is 1. The third-order valence-corrected chi connectivity index (χ3v) is 4.53. The Hall–Kier alpha value is -3.04. The minimum Gasteiger partial charge on any atom is -0.326 e. The molecule has 26 heavy (non-hydrogen) atoms. The Balaban J connectivity index is 1.83. The van der Waals surface area contributed by atoms with Gasteiger partial charge in [-0.15, -0.1) is 0 Å². The Kier molecular flexibility index (Phi) is 6.59. The molecule has 0 aliphatic carbocycles. The van der Waals surface area contributed by atoms with Gasteiger partial charge in [0.2, 0.25) is 15.9 Å². The van der Waals surface area contributed by atoms with Gasteiger partial charge in [0.05, 0.1) is 17.7 Å². The van der Waals surface area contributed by atoms with E-state index in [0.717, 1.165) is 0 Å². The molecule has 8 nitrogen and oxygen atoms in total. The van der Waals surface area contributed by atoms with Crippen molar-refractivity contribution >= 4 is 33.7 Å². The van der Waals surface area contributed by atoms with E-state index in [1.54, 1.807) is 42.5 Å². The zero-order valence-electron chi connectivity index (χ0n) is 14.0. The van der Waals surface area contributed by atoms with Crippen LogP contribution >= 0.6 is 0 Å². The minimum absolute atomic E-state index is 0.0792. The maximum absolute atomic E-state index is 12.0. The maximum Gasteiger partial charge on any atom is 0.255 e. The van der Waals surface area contributed by atoms with Crippen LogP contribution in [0.25, 0.3) is 0 Å². The van der Waals surface area contributed by atoms with Crippen LogP contribution in [0, 0.1) is 0 Å². The second kappa shape index (κ2) is 8.88. The van der Waals surface area contributed by atoms with E-state index >= 15 is 0 Å². The second-order valence-electron chi connectivity index (χ2n) is 5.23. The number of carbonyl (C=O) groups is 2. The highest BCUT2D eigenvalue weighted by Gasteiger charge is 2.14. The van der Waals surface area contributed by atoms with E-state index in [0.29, 0.717) is 11.3 Å². The molecular weight excluding hydrogens is 356 g/mol. The molecule has 0 fully saturated rings. The first-order valence-corrected chi connectivity index (χ1v) is 9.09. The molecule has 0 saturated carbocycles. The normalized spacial score (nSPS) is 11.3. The molecule has 0 aliphatic heterocycles. The molecule has 0 heterocycles. The van der Waals surface area contributed by atoms with E-state index in [9.17, 15) is 18.0 Å². The van der Waals surface area contributed by atoms with Gasteiger partial charge in [0.25, 0.3) is 5.91 Å². The lowest BCUT2D eigenvalue weighted by Crippen LogP contribution is -2.34. The summed E-state index contributed by atoms with van der Waals surface area (Å²) in [5, 5.41) is 6.39. The van der Waals surface area contributed by atoms with Gasteiger partial charge in [0.1, 0.15) is 0 Å². The van der Waals surface area contributed by atoms with Crippen molar-refractivity contribution in [1.82, 2.24) is 10.1 Å². The van der Waals surface area contributed by atoms with Gasteiger partial charge in [0.15, 0.2) is 0 Å². The maximum atomic E-state index is 12.0.